The Labute approximate surface area is 175 Å². The van der Waals surface area contributed by atoms with Crippen molar-refractivity contribution in [1.82, 2.24) is 9.78 Å². The van der Waals surface area contributed by atoms with Crippen LogP contribution in [-0.4, -0.2) is 31.7 Å². The van der Waals surface area contributed by atoms with Crippen LogP contribution in [0.5, 0.6) is 0 Å². The number of carbonyl (C=O) groups excluding carboxylic acids is 1. The number of carboxylic acids is 1. The molecular weight excluding hydrogens is 408 g/mol. The quantitative estimate of drug-likeness (QED) is 0.412. The molecule has 0 aliphatic heterocycles. The molecule has 2 N–H and O–H groups in total. The molecule has 2 aromatic carbocycles. The third kappa shape index (κ3) is 5.45. The number of aryl methyl sites for hydroxylation is 2. The largest absolute Gasteiger partial charge is 0.481 e. The minimum Gasteiger partial charge on any atom is -0.481 e. The summed E-state index contributed by atoms with van der Waals surface area (Å²) >= 11 is 1.34. The molecule has 3 rings (SSSR count). The number of benzene rings is 2. The molecule has 30 heavy (non-hydrogen) atoms. The van der Waals surface area contributed by atoms with Gasteiger partial charge in [0.25, 0.3) is 11.6 Å². The number of carboxylic acid groups (broad SMARTS) is 1. The maximum Gasteiger partial charge on any atom is 0.305 e. The second-order valence-corrected chi connectivity index (χ2v) is 7.57. The van der Waals surface area contributed by atoms with Crippen molar-refractivity contribution in [2.24, 2.45) is 0 Å². The van der Waals surface area contributed by atoms with Crippen LogP contribution in [0.3, 0.4) is 0 Å². The van der Waals surface area contributed by atoms with Gasteiger partial charge in [-0.25, -0.2) is 0 Å². The summed E-state index contributed by atoms with van der Waals surface area (Å²) in [5, 5.41) is 26.7. The van der Waals surface area contributed by atoms with Gasteiger partial charge in [-0.2, -0.15) is 5.10 Å². The maximum atomic E-state index is 12.6. The molecular formula is C20H18N4O5S. The molecule has 9 nitrogen and oxygen atoms in total. The number of aromatic nitrogens is 2. The number of hydrogen-bond donors (Lipinski definition) is 2. The van der Waals surface area contributed by atoms with Crippen LogP contribution in [0.25, 0.3) is 0 Å². The Hall–Kier alpha value is -3.66. The summed E-state index contributed by atoms with van der Waals surface area (Å²) in [6, 6.07) is 13.5. The van der Waals surface area contributed by atoms with Crippen LogP contribution in [0.4, 0.5) is 11.4 Å². The van der Waals surface area contributed by atoms with Gasteiger partial charge in [-0.05, 0) is 31.2 Å². The van der Waals surface area contributed by atoms with Crippen molar-refractivity contribution in [3.8, 4) is 0 Å². The summed E-state index contributed by atoms with van der Waals surface area (Å²) in [6.45, 7) is 2.01. The van der Waals surface area contributed by atoms with Gasteiger partial charge in [0.2, 0.25) is 0 Å². The van der Waals surface area contributed by atoms with Gasteiger partial charge in [0.05, 0.1) is 17.9 Å². The fourth-order valence-corrected chi connectivity index (χ4v) is 3.57. The monoisotopic (exact) mass is 426 g/mol. The lowest BCUT2D eigenvalue weighted by Crippen LogP contribution is -2.19. The normalized spacial score (nSPS) is 10.6. The first-order valence-electron chi connectivity index (χ1n) is 8.91. The van der Waals surface area contributed by atoms with Gasteiger partial charge in [-0.1, -0.05) is 29.5 Å². The average Bonchev–Trinajstić information content (AvgIpc) is 3.17. The molecule has 0 aliphatic carbocycles. The number of aliphatic carboxylic acids is 1. The number of hydrogen-bond acceptors (Lipinski definition) is 6. The van der Waals surface area contributed by atoms with E-state index in [9.17, 15) is 19.7 Å². The Morgan fingerprint density at radius 3 is 2.57 bits per heavy atom. The van der Waals surface area contributed by atoms with E-state index in [4.69, 9.17) is 5.11 Å². The Balaban J connectivity index is 1.83. The lowest BCUT2D eigenvalue weighted by atomic mass is 10.2. The summed E-state index contributed by atoms with van der Waals surface area (Å²) in [6.07, 6.45) is 1.21. The molecule has 1 heterocycles. The smallest absolute Gasteiger partial charge is 0.305 e. The van der Waals surface area contributed by atoms with Crippen LogP contribution >= 0.6 is 11.8 Å². The van der Waals surface area contributed by atoms with Crippen LogP contribution in [-0.2, 0) is 11.3 Å². The highest BCUT2D eigenvalue weighted by molar-refractivity contribution is 7.99. The predicted octanol–water partition coefficient (Wildman–Crippen LogP) is 3.98. The molecule has 0 saturated carbocycles. The van der Waals surface area contributed by atoms with Crippen molar-refractivity contribution < 1.29 is 19.6 Å². The first-order valence-corrected chi connectivity index (χ1v) is 9.72. The van der Waals surface area contributed by atoms with Crippen LogP contribution in [0.2, 0.25) is 0 Å². The number of nitro groups is 1. The summed E-state index contributed by atoms with van der Waals surface area (Å²) in [4.78, 5) is 35.7. The van der Waals surface area contributed by atoms with Crippen molar-refractivity contribution in [2.45, 2.75) is 29.7 Å². The Morgan fingerprint density at radius 1 is 1.17 bits per heavy atom. The van der Waals surface area contributed by atoms with Gasteiger partial charge in [-0.3, -0.25) is 24.4 Å². The van der Waals surface area contributed by atoms with E-state index in [1.807, 2.05) is 31.2 Å². The molecule has 1 aromatic heterocycles. The second kappa shape index (κ2) is 9.23. The van der Waals surface area contributed by atoms with Gasteiger partial charge in [0.15, 0.2) is 0 Å². The molecule has 0 spiro atoms. The van der Waals surface area contributed by atoms with E-state index >= 15 is 0 Å². The molecule has 0 fully saturated rings. The third-order valence-corrected chi connectivity index (χ3v) is 5.08. The fourth-order valence-electron chi connectivity index (χ4n) is 2.66. The number of amides is 1. The van der Waals surface area contributed by atoms with Crippen LogP contribution in [0.15, 0.2) is 64.5 Å². The highest BCUT2D eigenvalue weighted by atomic mass is 32.2. The average molecular weight is 426 g/mol. The first kappa shape index (κ1) is 21.1. The van der Waals surface area contributed by atoms with E-state index < -0.39 is 16.8 Å². The van der Waals surface area contributed by atoms with Gasteiger partial charge in [0.1, 0.15) is 5.69 Å². The number of rotatable bonds is 8. The first-order chi connectivity index (χ1) is 14.3. The predicted molar refractivity (Wildman–Crippen MR) is 111 cm³/mol. The van der Waals surface area contributed by atoms with Crippen LogP contribution in [0, 0.1) is 17.0 Å². The molecule has 0 saturated heterocycles. The summed E-state index contributed by atoms with van der Waals surface area (Å²) < 4.78 is 1.28. The Kier molecular flexibility index (Phi) is 6.48. The lowest BCUT2D eigenvalue weighted by Gasteiger charge is -2.09. The van der Waals surface area contributed by atoms with Gasteiger partial charge in [0, 0.05) is 33.8 Å². The minimum absolute atomic E-state index is 0.0363. The zero-order valence-corrected chi connectivity index (χ0v) is 16.8. The molecule has 1 amide bonds. The Bertz CT molecular complexity index is 1090. The Morgan fingerprint density at radius 2 is 1.90 bits per heavy atom. The minimum atomic E-state index is -1.01. The second-order valence-electron chi connectivity index (χ2n) is 6.43. The standard InChI is InChI=1S/C20H18N4O5S/c1-13-2-4-16(5-3-13)30-17-11-14(10-15(12-17)24(28)29)22-20(27)18-6-8-21-23(18)9-7-19(25)26/h2-6,8,10-12H,7,9H2,1H3,(H,22,27)(H,25,26). The van der Waals surface area contributed by atoms with Gasteiger partial charge in [-0.15, -0.1) is 0 Å². The van der Waals surface area contributed by atoms with E-state index in [0.29, 0.717) is 4.90 Å². The van der Waals surface area contributed by atoms with E-state index in [0.717, 1.165) is 10.5 Å². The van der Waals surface area contributed by atoms with Crippen molar-refractivity contribution in [1.29, 1.82) is 0 Å². The lowest BCUT2D eigenvalue weighted by molar-refractivity contribution is -0.385. The third-order valence-electron chi connectivity index (χ3n) is 4.10. The van der Waals surface area contributed by atoms with E-state index in [1.165, 1.54) is 40.8 Å². The molecule has 0 atom stereocenters. The van der Waals surface area contributed by atoms with Crippen molar-refractivity contribution in [2.75, 3.05) is 5.32 Å². The van der Waals surface area contributed by atoms with Crippen LogP contribution < -0.4 is 5.32 Å². The van der Waals surface area contributed by atoms with E-state index in [2.05, 4.69) is 10.4 Å². The summed E-state index contributed by atoms with van der Waals surface area (Å²) in [7, 11) is 0. The maximum absolute atomic E-state index is 12.6. The zero-order chi connectivity index (χ0) is 21.7. The molecule has 0 aliphatic rings. The molecule has 10 heteroatoms. The number of nitrogens with zero attached hydrogens (tertiary/aromatic N) is 3. The molecule has 0 radical (unpaired) electrons. The SMILES string of the molecule is Cc1ccc(Sc2cc(NC(=O)c3ccnn3CCC(=O)O)cc([N+](=O)[O-])c2)cc1. The number of nitrogens with one attached hydrogen (secondary N) is 1. The van der Waals surface area contributed by atoms with E-state index in [1.54, 1.807) is 6.07 Å². The van der Waals surface area contributed by atoms with Gasteiger partial charge >= 0.3 is 5.97 Å². The number of carbonyl (C=O) groups is 2. The topological polar surface area (TPSA) is 127 Å². The van der Waals surface area contributed by atoms with Crippen LogP contribution in [0.1, 0.15) is 22.5 Å². The fraction of sp³-hybridized carbons (Fsp3) is 0.150. The highest BCUT2D eigenvalue weighted by Crippen LogP contribution is 2.33. The zero-order valence-electron chi connectivity index (χ0n) is 15.9. The molecule has 0 bridgehead atoms. The summed E-state index contributed by atoms with van der Waals surface area (Å²) in [5.41, 5.74) is 1.37. The highest BCUT2D eigenvalue weighted by Gasteiger charge is 2.16. The number of non-ortho nitro benzene ring substituents is 1. The van der Waals surface area contributed by atoms with Crippen molar-refractivity contribution >= 4 is 35.0 Å². The van der Waals surface area contributed by atoms with Crippen molar-refractivity contribution in [3.05, 3.63) is 76.1 Å². The van der Waals surface area contributed by atoms with E-state index in [-0.39, 0.29) is 30.0 Å². The molecule has 0 unspecified atom stereocenters. The summed E-state index contributed by atoms with van der Waals surface area (Å²) in [5.74, 6) is -1.54. The van der Waals surface area contributed by atoms with Crippen molar-refractivity contribution in [3.63, 3.8) is 0 Å². The number of nitro benzene ring substituents is 1. The van der Waals surface area contributed by atoms with Gasteiger partial charge < -0.3 is 10.4 Å². The number of anilines is 1. The molecule has 3 aromatic rings. The molecule has 154 valence electrons.